The maximum absolute atomic E-state index is 11.5. The Hall–Kier alpha value is -6.84. The van der Waals surface area contributed by atoms with Gasteiger partial charge in [0, 0.05) is 12.8 Å². The van der Waals surface area contributed by atoms with Crippen LogP contribution in [-0.4, -0.2) is 88.6 Å². The lowest BCUT2D eigenvalue weighted by Gasteiger charge is -2.27. The van der Waals surface area contributed by atoms with E-state index in [-0.39, 0.29) is 33.4 Å². The van der Waals surface area contributed by atoms with Gasteiger partial charge >= 0.3 is 47.8 Å². The quantitative estimate of drug-likeness (QED) is 0.169. The van der Waals surface area contributed by atoms with E-state index in [1.165, 1.54) is 48.5 Å². The first kappa shape index (κ1) is 35.6. The lowest BCUT2D eigenvalue weighted by Crippen LogP contribution is -2.39. The zero-order chi connectivity index (χ0) is 36.1. The zero-order valence-electron chi connectivity index (χ0n) is 24.2. The number of carbonyl (C=O) groups is 8. The highest BCUT2D eigenvalue weighted by Gasteiger charge is 2.49. The van der Waals surface area contributed by atoms with Crippen LogP contribution in [0.5, 0.6) is 0 Å². The molecule has 0 aliphatic heterocycles. The summed E-state index contributed by atoms with van der Waals surface area (Å²) >= 11 is 0. The molecule has 2 aromatic carbocycles. The SMILES string of the molecule is O=C(O)C1=CC(C(=O)O)(C(=O)O)CC(c2cccc(C(=O)O)c2)=C1.O=C(O)C1=CC(C(=O)O)(C(=O)O)CC(c2cccc(C(=O)O)c2)=C1. The summed E-state index contributed by atoms with van der Waals surface area (Å²) < 4.78 is 0. The Morgan fingerprint density at radius 3 is 1.02 bits per heavy atom. The molecule has 248 valence electrons. The first-order valence-electron chi connectivity index (χ1n) is 13.3. The lowest BCUT2D eigenvalue weighted by atomic mass is 9.74. The van der Waals surface area contributed by atoms with Crippen molar-refractivity contribution in [2.24, 2.45) is 10.8 Å². The van der Waals surface area contributed by atoms with Gasteiger partial charge in [-0.05, 0) is 70.8 Å². The van der Waals surface area contributed by atoms with Crippen molar-refractivity contribution < 1.29 is 79.2 Å². The van der Waals surface area contributed by atoms with Crippen LogP contribution in [0.15, 0.2) is 84.0 Å². The van der Waals surface area contributed by atoms with E-state index in [4.69, 9.17) is 20.4 Å². The van der Waals surface area contributed by atoms with Gasteiger partial charge in [-0.2, -0.15) is 0 Å². The zero-order valence-corrected chi connectivity index (χ0v) is 24.2. The van der Waals surface area contributed by atoms with Gasteiger partial charge in [-0.25, -0.2) is 19.2 Å². The summed E-state index contributed by atoms with van der Waals surface area (Å²) in [5, 5.41) is 73.6. The van der Waals surface area contributed by atoms with Crippen LogP contribution in [-0.2, 0) is 28.8 Å². The van der Waals surface area contributed by atoms with Crippen LogP contribution in [0.25, 0.3) is 11.1 Å². The topological polar surface area (TPSA) is 298 Å². The van der Waals surface area contributed by atoms with E-state index in [1.807, 2.05) is 0 Å². The van der Waals surface area contributed by atoms with Crippen LogP contribution in [0.3, 0.4) is 0 Å². The Labute approximate surface area is 268 Å². The van der Waals surface area contributed by atoms with Crippen LogP contribution < -0.4 is 0 Å². The van der Waals surface area contributed by atoms with Crippen molar-refractivity contribution in [3.63, 3.8) is 0 Å². The standard InChI is InChI=1S/2C16H12O8/c2*17-12(18)9-3-1-2-8(4-9)10-5-11(13(19)20)7-16(6-10,14(21)22)15(23)24/h2*1-5,7H,6H2,(H,17,18)(H,19,20)(H,21,22)(H,23,24). The van der Waals surface area contributed by atoms with Gasteiger partial charge in [-0.15, -0.1) is 0 Å². The third-order valence-electron chi connectivity index (χ3n) is 7.38. The van der Waals surface area contributed by atoms with Crippen molar-refractivity contribution in [1.29, 1.82) is 0 Å². The van der Waals surface area contributed by atoms with Crippen molar-refractivity contribution in [2.75, 3.05) is 0 Å². The smallest absolute Gasteiger partial charge is 0.335 e. The first-order valence-corrected chi connectivity index (χ1v) is 13.3. The Balaban J connectivity index is 0.000000260. The van der Waals surface area contributed by atoms with Crippen LogP contribution in [0.2, 0.25) is 0 Å². The molecular weight excluding hydrogens is 640 g/mol. The summed E-state index contributed by atoms with van der Waals surface area (Å²) in [5.41, 5.74) is -5.29. The van der Waals surface area contributed by atoms with Crippen LogP contribution >= 0.6 is 0 Å². The number of hydrogen-bond acceptors (Lipinski definition) is 8. The highest BCUT2D eigenvalue weighted by molar-refractivity contribution is 6.08. The molecule has 4 rings (SSSR count). The van der Waals surface area contributed by atoms with Gasteiger partial charge < -0.3 is 40.9 Å². The molecule has 0 radical (unpaired) electrons. The third kappa shape index (κ3) is 7.17. The van der Waals surface area contributed by atoms with Gasteiger partial charge in [0.2, 0.25) is 0 Å². The summed E-state index contributed by atoms with van der Waals surface area (Å²) in [4.78, 5) is 90.6. The van der Waals surface area contributed by atoms with Crippen molar-refractivity contribution >= 4 is 58.9 Å². The van der Waals surface area contributed by atoms with Crippen LogP contribution in [0, 0.1) is 10.8 Å². The first-order chi connectivity index (χ1) is 22.3. The van der Waals surface area contributed by atoms with Crippen molar-refractivity contribution in [3.05, 3.63) is 106 Å². The molecule has 0 fully saturated rings. The Bertz CT molecular complexity index is 1740. The van der Waals surface area contributed by atoms with E-state index in [0.29, 0.717) is 12.2 Å². The van der Waals surface area contributed by atoms with E-state index >= 15 is 0 Å². The van der Waals surface area contributed by atoms with Crippen molar-refractivity contribution in [1.82, 2.24) is 0 Å². The number of allylic oxidation sites excluding steroid dienone is 2. The molecular formula is C32H24O16. The molecule has 0 heterocycles. The monoisotopic (exact) mass is 664 g/mol. The number of benzene rings is 2. The van der Waals surface area contributed by atoms with Gasteiger partial charge in [0.25, 0.3) is 0 Å². The van der Waals surface area contributed by atoms with Gasteiger partial charge in [-0.3, -0.25) is 19.2 Å². The predicted molar refractivity (Wildman–Crippen MR) is 159 cm³/mol. The molecule has 16 heteroatoms. The van der Waals surface area contributed by atoms with E-state index < -0.39 is 82.6 Å². The molecule has 0 unspecified atom stereocenters. The van der Waals surface area contributed by atoms with Gasteiger partial charge in [0.1, 0.15) is 0 Å². The Morgan fingerprint density at radius 2 is 0.771 bits per heavy atom. The fourth-order valence-corrected chi connectivity index (χ4v) is 4.85. The minimum absolute atomic E-state index is 0.0870. The second-order valence-electron chi connectivity index (χ2n) is 10.4. The maximum atomic E-state index is 11.5. The second-order valence-corrected chi connectivity index (χ2v) is 10.4. The Morgan fingerprint density at radius 1 is 0.458 bits per heavy atom. The summed E-state index contributed by atoms with van der Waals surface area (Å²) in [5.74, 6) is -12.2. The third-order valence-corrected chi connectivity index (χ3v) is 7.38. The number of carboxylic acids is 8. The summed E-state index contributed by atoms with van der Waals surface area (Å²) in [6, 6.07) is 10.8. The molecule has 0 aromatic heterocycles. The number of carboxylic acid groups (broad SMARTS) is 8. The minimum Gasteiger partial charge on any atom is -0.480 e. The molecule has 2 aromatic rings. The second kappa shape index (κ2) is 13.7. The molecule has 2 aliphatic carbocycles. The normalized spacial score (nSPS) is 15.8. The van der Waals surface area contributed by atoms with E-state index in [0.717, 1.165) is 12.2 Å². The maximum Gasteiger partial charge on any atom is 0.335 e. The summed E-state index contributed by atoms with van der Waals surface area (Å²) in [6.07, 6.45) is 2.66. The molecule has 0 saturated carbocycles. The number of hydrogen-bond donors (Lipinski definition) is 8. The van der Waals surface area contributed by atoms with Crippen molar-refractivity contribution in [2.45, 2.75) is 12.8 Å². The average molecular weight is 665 g/mol. The Kier molecular flexibility index (Phi) is 10.1. The largest absolute Gasteiger partial charge is 0.480 e. The highest BCUT2D eigenvalue weighted by Crippen LogP contribution is 2.41. The average Bonchev–Trinajstić information content (AvgIpc) is 3.04. The molecule has 0 bridgehead atoms. The summed E-state index contributed by atoms with van der Waals surface area (Å²) in [6.45, 7) is 0. The predicted octanol–water partition coefficient (Wildman–Crippen LogP) is 2.68. The number of rotatable bonds is 10. The molecule has 0 amide bonds. The molecule has 2 aliphatic rings. The van der Waals surface area contributed by atoms with Gasteiger partial charge in [0.15, 0.2) is 10.8 Å². The fraction of sp³-hybridized carbons (Fsp3) is 0.125. The molecule has 48 heavy (non-hydrogen) atoms. The van der Waals surface area contributed by atoms with E-state index in [9.17, 15) is 58.8 Å². The lowest BCUT2D eigenvalue weighted by molar-refractivity contribution is -0.162. The number of aliphatic carboxylic acids is 6. The molecule has 0 spiro atoms. The molecule has 16 nitrogen and oxygen atoms in total. The van der Waals surface area contributed by atoms with Gasteiger partial charge in [-0.1, -0.05) is 24.3 Å². The molecule has 0 saturated heterocycles. The molecule has 8 N–H and O–H groups in total. The molecule has 0 atom stereocenters. The van der Waals surface area contributed by atoms with Gasteiger partial charge in [0.05, 0.1) is 22.3 Å². The fourth-order valence-electron chi connectivity index (χ4n) is 4.85. The highest BCUT2D eigenvalue weighted by atomic mass is 16.4. The van der Waals surface area contributed by atoms with Crippen LogP contribution in [0.4, 0.5) is 0 Å². The summed E-state index contributed by atoms with van der Waals surface area (Å²) in [7, 11) is 0. The van der Waals surface area contributed by atoms with E-state index in [2.05, 4.69) is 0 Å². The number of aromatic carboxylic acids is 2. The van der Waals surface area contributed by atoms with Crippen molar-refractivity contribution in [3.8, 4) is 0 Å². The van der Waals surface area contributed by atoms with E-state index in [1.54, 1.807) is 0 Å². The minimum atomic E-state index is -2.43. The van der Waals surface area contributed by atoms with Crippen LogP contribution in [0.1, 0.15) is 44.7 Å².